The van der Waals surface area contributed by atoms with E-state index in [1.165, 1.54) is 11.8 Å². The molecule has 2 N–H and O–H groups in total. The summed E-state index contributed by atoms with van der Waals surface area (Å²) in [5.74, 6) is 1.80. The molecule has 0 aliphatic carbocycles. The monoisotopic (exact) mass is 397 g/mol. The Morgan fingerprint density at radius 1 is 1.22 bits per heavy atom. The lowest BCUT2D eigenvalue weighted by Crippen LogP contribution is -2.43. The van der Waals surface area contributed by atoms with Crippen molar-refractivity contribution < 1.29 is 13.2 Å². The Morgan fingerprint density at radius 3 is 2.52 bits per heavy atom. The molecule has 0 amide bonds. The van der Waals surface area contributed by atoms with Crippen molar-refractivity contribution >= 4 is 15.8 Å². The quantitative estimate of drug-likeness (QED) is 0.322. The van der Waals surface area contributed by atoms with Crippen LogP contribution in [0.15, 0.2) is 29.3 Å². The molecule has 1 unspecified atom stereocenters. The highest BCUT2D eigenvalue weighted by atomic mass is 32.2. The first-order valence-electron chi connectivity index (χ1n) is 9.78. The average molecular weight is 398 g/mol. The predicted molar refractivity (Wildman–Crippen MR) is 113 cm³/mol. The lowest BCUT2D eigenvalue weighted by Gasteiger charge is -2.17. The fourth-order valence-electron chi connectivity index (χ4n) is 2.40. The van der Waals surface area contributed by atoms with E-state index in [0.29, 0.717) is 13.0 Å². The zero-order chi connectivity index (χ0) is 20.1. The van der Waals surface area contributed by atoms with Gasteiger partial charge in [0, 0.05) is 25.4 Å². The van der Waals surface area contributed by atoms with Gasteiger partial charge in [-0.25, -0.2) is 8.42 Å². The van der Waals surface area contributed by atoms with Crippen LogP contribution < -0.4 is 15.4 Å². The molecule has 27 heavy (non-hydrogen) atoms. The molecule has 6 nitrogen and oxygen atoms in total. The standard InChI is InChI=1S/C20H35N3O3S/c1-5-7-15-26-19-10-8-18(9-11-19)12-14-22-20(21-6-2)23-17(3)13-16-27(4,24)25/h8-11,17H,5-7,12-16H2,1-4H3,(H2,21,22,23). The molecule has 1 aromatic carbocycles. The second kappa shape index (κ2) is 12.6. The summed E-state index contributed by atoms with van der Waals surface area (Å²) in [5, 5.41) is 6.47. The van der Waals surface area contributed by atoms with Crippen LogP contribution in [0, 0.1) is 0 Å². The lowest BCUT2D eigenvalue weighted by molar-refractivity contribution is 0.309. The number of guanidine groups is 1. The molecule has 0 aliphatic heterocycles. The fraction of sp³-hybridized carbons (Fsp3) is 0.650. The summed E-state index contributed by atoms with van der Waals surface area (Å²) in [6, 6.07) is 8.20. The van der Waals surface area contributed by atoms with Crippen molar-refractivity contribution in [2.24, 2.45) is 4.99 Å². The Morgan fingerprint density at radius 2 is 1.93 bits per heavy atom. The molecule has 1 rings (SSSR count). The third-order valence-corrected chi connectivity index (χ3v) is 4.99. The third-order valence-electron chi connectivity index (χ3n) is 4.01. The van der Waals surface area contributed by atoms with Crippen LogP contribution >= 0.6 is 0 Å². The maximum absolute atomic E-state index is 11.3. The van der Waals surface area contributed by atoms with Crippen molar-refractivity contribution in [1.29, 1.82) is 0 Å². The van der Waals surface area contributed by atoms with Gasteiger partial charge >= 0.3 is 0 Å². The molecule has 0 saturated heterocycles. The Bertz CT molecular complexity index is 658. The van der Waals surface area contributed by atoms with E-state index < -0.39 is 9.84 Å². The average Bonchev–Trinajstić information content (AvgIpc) is 2.61. The number of aliphatic imine (C=N–C) groups is 1. The molecule has 0 bridgehead atoms. The first-order chi connectivity index (χ1) is 12.8. The number of rotatable bonds is 12. The number of nitrogens with one attached hydrogen (secondary N) is 2. The van der Waals surface area contributed by atoms with Crippen LogP contribution in [0.25, 0.3) is 0 Å². The molecule has 0 heterocycles. The van der Waals surface area contributed by atoms with Gasteiger partial charge in [0.1, 0.15) is 15.6 Å². The number of benzene rings is 1. The summed E-state index contributed by atoms with van der Waals surface area (Å²) >= 11 is 0. The van der Waals surface area contributed by atoms with E-state index in [9.17, 15) is 8.42 Å². The summed E-state index contributed by atoms with van der Waals surface area (Å²) < 4.78 is 28.3. The normalized spacial score (nSPS) is 13.3. The van der Waals surface area contributed by atoms with Crippen molar-refractivity contribution in [3.63, 3.8) is 0 Å². The topological polar surface area (TPSA) is 79.8 Å². The number of nitrogens with zero attached hydrogens (tertiary/aromatic N) is 1. The lowest BCUT2D eigenvalue weighted by atomic mass is 10.1. The van der Waals surface area contributed by atoms with Gasteiger partial charge in [-0.3, -0.25) is 4.99 Å². The highest BCUT2D eigenvalue weighted by molar-refractivity contribution is 7.90. The summed E-state index contributed by atoms with van der Waals surface area (Å²) in [6.07, 6.45) is 4.86. The molecular formula is C20H35N3O3S. The van der Waals surface area contributed by atoms with Crippen LogP contribution in [0.1, 0.15) is 45.6 Å². The third kappa shape index (κ3) is 11.5. The first kappa shape index (κ1) is 23.3. The van der Waals surface area contributed by atoms with Crippen LogP contribution in [-0.4, -0.2) is 52.1 Å². The van der Waals surface area contributed by atoms with Crippen molar-refractivity contribution in [1.82, 2.24) is 10.6 Å². The van der Waals surface area contributed by atoms with E-state index >= 15 is 0 Å². The van der Waals surface area contributed by atoms with E-state index in [4.69, 9.17) is 4.74 Å². The minimum atomic E-state index is -2.94. The van der Waals surface area contributed by atoms with Gasteiger partial charge in [-0.15, -0.1) is 0 Å². The molecule has 7 heteroatoms. The Labute approximate surface area is 164 Å². The summed E-state index contributed by atoms with van der Waals surface area (Å²) in [5.41, 5.74) is 1.21. The van der Waals surface area contributed by atoms with Crippen molar-refractivity contribution in [2.45, 2.75) is 52.5 Å². The Kier molecular flexibility index (Phi) is 10.9. The van der Waals surface area contributed by atoms with E-state index in [2.05, 4.69) is 34.7 Å². The van der Waals surface area contributed by atoms with Gasteiger partial charge in [0.15, 0.2) is 5.96 Å². The summed E-state index contributed by atoms with van der Waals surface area (Å²) in [7, 11) is -2.94. The molecule has 0 fully saturated rings. The van der Waals surface area contributed by atoms with Gasteiger partial charge in [0.2, 0.25) is 0 Å². The first-order valence-corrected chi connectivity index (χ1v) is 11.8. The van der Waals surface area contributed by atoms with Crippen molar-refractivity contribution in [3.05, 3.63) is 29.8 Å². The van der Waals surface area contributed by atoms with E-state index in [1.807, 2.05) is 26.0 Å². The molecule has 0 aliphatic rings. The van der Waals surface area contributed by atoms with Gasteiger partial charge < -0.3 is 15.4 Å². The number of sulfone groups is 1. The molecule has 0 aromatic heterocycles. The van der Waals surface area contributed by atoms with Gasteiger partial charge in [-0.1, -0.05) is 25.5 Å². The SMILES string of the molecule is CCCCOc1ccc(CCN=C(NCC)NC(C)CCS(C)(=O)=O)cc1. The maximum atomic E-state index is 11.3. The number of hydrogen-bond acceptors (Lipinski definition) is 4. The Balaban J connectivity index is 2.48. The zero-order valence-electron chi connectivity index (χ0n) is 17.1. The number of ether oxygens (including phenoxy) is 1. The predicted octanol–water partition coefficient (Wildman–Crippen LogP) is 2.79. The molecular weight excluding hydrogens is 362 g/mol. The van der Waals surface area contributed by atoms with Crippen molar-refractivity contribution in [2.75, 3.05) is 31.7 Å². The molecule has 1 atom stereocenters. The van der Waals surface area contributed by atoms with Crippen LogP contribution in [0.4, 0.5) is 0 Å². The highest BCUT2D eigenvalue weighted by Crippen LogP contribution is 2.13. The summed E-state index contributed by atoms with van der Waals surface area (Å²) in [4.78, 5) is 4.59. The van der Waals surface area contributed by atoms with E-state index in [1.54, 1.807) is 0 Å². The van der Waals surface area contributed by atoms with Gasteiger partial charge in [-0.2, -0.15) is 0 Å². The fourth-order valence-corrected chi connectivity index (χ4v) is 3.18. The Hall–Kier alpha value is -1.76. The van der Waals surface area contributed by atoms with Crippen LogP contribution in [0.2, 0.25) is 0 Å². The molecule has 0 saturated carbocycles. The number of hydrogen-bond donors (Lipinski definition) is 2. The van der Waals surface area contributed by atoms with E-state index in [-0.39, 0.29) is 11.8 Å². The smallest absolute Gasteiger partial charge is 0.191 e. The van der Waals surface area contributed by atoms with Gasteiger partial charge in [0.05, 0.1) is 12.4 Å². The summed E-state index contributed by atoms with van der Waals surface area (Å²) in [6.45, 7) is 8.30. The van der Waals surface area contributed by atoms with Crippen LogP contribution in [-0.2, 0) is 16.3 Å². The van der Waals surface area contributed by atoms with Crippen molar-refractivity contribution in [3.8, 4) is 5.75 Å². The van der Waals surface area contributed by atoms with Gasteiger partial charge in [-0.05, 0) is 50.8 Å². The second-order valence-corrected chi connectivity index (χ2v) is 9.08. The minimum Gasteiger partial charge on any atom is -0.494 e. The molecule has 1 aromatic rings. The molecule has 0 spiro atoms. The largest absolute Gasteiger partial charge is 0.494 e. The number of unbranched alkanes of at least 4 members (excludes halogenated alkanes) is 1. The van der Waals surface area contributed by atoms with Crippen LogP contribution in [0.5, 0.6) is 5.75 Å². The van der Waals surface area contributed by atoms with E-state index in [0.717, 1.165) is 44.1 Å². The highest BCUT2D eigenvalue weighted by Gasteiger charge is 2.09. The molecule has 154 valence electrons. The van der Waals surface area contributed by atoms with Gasteiger partial charge in [0.25, 0.3) is 0 Å². The molecule has 0 radical (unpaired) electrons. The zero-order valence-corrected chi connectivity index (χ0v) is 17.9. The second-order valence-electron chi connectivity index (χ2n) is 6.82. The van der Waals surface area contributed by atoms with Crippen LogP contribution in [0.3, 0.4) is 0 Å². The minimum absolute atomic E-state index is 0.0390. The maximum Gasteiger partial charge on any atom is 0.191 e.